The van der Waals surface area contributed by atoms with E-state index in [1.54, 1.807) is 37.5 Å². The maximum absolute atomic E-state index is 12.8. The van der Waals surface area contributed by atoms with Gasteiger partial charge in [-0.1, -0.05) is 57.2 Å². The highest BCUT2D eigenvalue weighted by Gasteiger charge is 2.17. The van der Waals surface area contributed by atoms with E-state index in [0.717, 1.165) is 28.7 Å². The number of aryl methyl sites for hydroxylation is 1. The van der Waals surface area contributed by atoms with E-state index in [1.807, 2.05) is 49.4 Å². The van der Waals surface area contributed by atoms with Gasteiger partial charge >= 0.3 is 0 Å². The van der Waals surface area contributed by atoms with Gasteiger partial charge in [-0.05, 0) is 53.8 Å². The topological polar surface area (TPSA) is 96.2 Å². The summed E-state index contributed by atoms with van der Waals surface area (Å²) in [6.07, 6.45) is 1.57. The minimum absolute atomic E-state index is 0.0390. The second-order valence-electron chi connectivity index (χ2n) is 10.2. The Labute approximate surface area is 216 Å². The average molecular weight is 497 g/mol. The van der Waals surface area contributed by atoms with Gasteiger partial charge in [-0.15, -0.1) is 0 Å². The fraction of sp³-hybridized carbons (Fsp3) is 0.233. The summed E-state index contributed by atoms with van der Waals surface area (Å²) in [5.74, 6) is 0.176. The van der Waals surface area contributed by atoms with Crippen molar-refractivity contribution in [3.63, 3.8) is 0 Å². The molecule has 3 N–H and O–H groups in total. The summed E-state index contributed by atoms with van der Waals surface area (Å²) < 4.78 is 1.48. The normalized spacial score (nSPS) is 12.2. The lowest BCUT2D eigenvalue weighted by molar-refractivity contribution is 0.112. The summed E-state index contributed by atoms with van der Waals surface area (Å²) in [5.41, 5.74) is 6.03. The summed E-state index contributed by atoms with van der Waals surface area (Å²) in [7, 11) is 1.68. The third-order valence-electron chi connectivity index (χ3n) is 6.38. The predicted octanol–water partition coefficient (Wildman–Crippen LogP) is 5.71. The van der Waals surface area contributed by atoms with Crippen molar-refractivity contribution in [2.75, 3.05) is 10.6 Å². The van der Waals surface area contributed by atoms with Crippen molar-refractivity contribution >= 4 is 23.5 Å². The van der Waals surface area contributed by atoms with Crippen LogP contribution in [0.25, 0.3) is 11.3 Å². The zero-order chi connectivity index (χ0) is 26.7. The molecule has 1 aromatic heterocycles. The molecule has 0 aliphatic rings. The number of hydrogen-bond acceptors (Lipinski definition) is 6. The van der Waals surface area contributed by atoms with Gasteiger partial charge in [0.15, 0.2) is 12.0 Å². The van der Waals surface area contributed by atoms with Crippen molar-refractivity contribution in [1.29, 1.82) is 0 Å². The lowest BCUT2D eigenvalue weighted by Gasteiger charge is -2.21. The van der Waals surface area contributed by atoms with Gasteiger partial charge in [0.25, 0.3) is 5.56 Å². The van der Waals surface area contributed by atoms with Gasteiger partial charge in [-0.3, -0.25) is 9.59 Å². The van der Waals surface area contributed by atoms with Crippen LogP contribution in [-0.2, 0) is 12.5 Å². The number of aliphatic hydroxyl groups excluding tert-OH is 1. The highest BCUT2D eigenvalue weighted by molar-refractivity contribution is 5.76. The standard InChI is InChI=1S/C30H32N4O3/c1-19-24(7-6-8-25(19)33-28(36)21-11-13-22(14-12-21)30(2,3)4)26-17-34(5)29(37)27(32-26)31-23-15-9-20(18-35)10-16-23/h6-18,28,33,36H,1-5H3,(H,31,32). The Morgan fingerprint density at radius 2 is 1.68 bits per heavy atom. The van der Waals surface area contributed by atoms with Crippen LogP contribution in [0.2, 0.25) is 0 Å². The number of nitrogens with zero attached hydrogens (tertiary/aromatic N) is 2. The second-order valence-corrected chi connectivity index (χ2v) is 10.2. The van der Waals surface area contributed by atoms with Gasteiger partial charge < -0.3 is 20.3 Å². The molecule has 37 heavy (non-hydrogen) atoms. The van der Waals surface area contributed by atoms with Crippen molar-refractivity contribution in [3.8, 4) is 11.3 Å². The summed E-state index contributed by atoms with van der Waals surface area (Å²) >= 11 is 0. The molecule has 1 atom stereocenters. The van der Waals surface area contributed by atoms with Crippen molar-refractivity contribution in [2.24, 2.45) is 7.05 Å². The van der Waals surface area contributed by atoms with Crippen LogP contribution < -0.4 is 16.2 Å². The highest BCUT2D eigenvalue weighted by atomic mass is 16.3. The first-order chi connectivity index (χ1) is 17.6. The van der Waals surface area contributed by atoms with E-state index in [4.69, 9.17) is 0 Å². The minimum atomic E-state index is -0.886. The van der Waals surface area contributed by atoms with E-state index >= 15 is 0 Å². The van der Waals surface area contributed by atoms with E-state index in [9.17, 15) is 14.7 Å². The number of nitrogens with one attached hydrogen (secondary N) is 2. The largest absolute Gasteiger partial charge is 0.369 e. The second kappa shape index (κ2) is 10.4. The number of rotatable bonds is 7. The molecule has 1 unspecified atom stereocenters. The summed E-state index contributed by atoms with van der Waals surface area (Å²) in [4.78, 5) is 28.3. The Bertz CT molecular complexity index is 1470. The van der Waals surface area contributed by atoms with Crippen molar-refractivity contribution in [1.82, 2.24) is 9.55 Å². The Morgan fingerprint density at radius 3 is 2.30 bits per heavy atom. The molecule has 0 fully saturated rings. The number of aldehydes is 1. The number of carbonyl (C=O) groups excluding carboxylic acids is 1. The number of anilines is 3. The van der Waals surface area contributed by atoms with Gasteiger partial charge in [0, 0.05) is 41.3 Å². The number of carbonyl (C=O) groups is 1. The molecule has 0 bridgehead atoms. The minimum Gasteiger partial charge on any atom is -0.369 e. The molecule has 4 aromatic rings. The number of aliphatic hydroxyl groups is 1. The van der Waals surface area contributed by atoms with Gasteiger partial charge in [-0.2, -0.15) is 0 Å². The molecule has 3 aromatic carbocycles. The first kappa shape index (κ1) is 25.9. The molecular formula is C30H32N4O3. The molecule has 0 spiro atoms. The molecule has 7 nitrogen and oxygen atoms in total. The third kappa shape index (κ3) is 5.78. The molecule has 1 heterocycles. The van der Waals surface area contributed by atoms with Gasteiger partial charge in [0.05, 0.1) is 5.69 Å². The van der Waals surface area contributed by atoms with E-state index < -0.39 is 6.23 Å². The fourth-order valence-corrected chi connectivity index (χ4v) is 4.06. The molecule has 190 valence electrons. The van der Waals surface area contributed by atoms with E-state index in [1.165, 1.54) is 10.1 Å². The van der Waals surface area contributed by atoms with Crippen LogP contribution in [0.4, 0.5) is 17.2 Å². The van der Waals surface area contributed by atoms with Gasteiger partial charge in [0.1, 0.15) is 6.29 Å². The fourth-order valence-electron chi connectivity index (χ4n) is 4.06. The van der Waals surface area contributed by atoms with Crippen LogP contribution in [-0.4, -0.2) is 20.9 Å². The molecule has 7 heteroatoms. The van der Waals surface area contributed by atoms with Crippen molar-refractivity contribution < 1.29 is 9.90 Å². The lowest BCUT2D eigenvalue weighted by Crippen LogP contribution is -2.21. The first-order valence-electron chi connectivity index (χ1n) is 12.1. The van der Waals surface area contributed by atoms with E-state index in [0.29, 0.717) is 16.9 Å². The Balaban J connectivity index is 1.62. The maximum atomic E-state index is 12.8. The number of hydrogen-bond donors (Lipinski definition) is 3. The van der Waals surface area contributed by atoms with Crippen LogP contribution in [0.5, 0.6) is 0 Å². The summed E-state index contributed by atoms with van der Waals surface area (Å²) in [5, 5.41) is 17.1. The zero-order valence-electron chi connectivity index (χ0n) is 21.7. The van der Waals surface area contributed by atoms with Crippen LogP contribution in [0.1, 0.15) is 54.0 Å². The zero-order valence-corrected chi connectivity index (χ0v) is 21.7. The molecule has 0 radical (unpaired) electrons. The smallest absolute Gasteiger partial charge is 0.293 e. The summed E-state index contributed by atoms with van der Waals surface area (Å²) in [6.45, 7) is 8.42. The van der Waals surface area contributed by atoms with Crippen molar-refractivity contribution in [3.05, 3.63) is 106 Å². The first-order valence-corrected chi connectivity index (χ1v) is 12.1. The Kier molecular flexibility index (Phi) is 7.27. The van der Waals surface area contributed by atoms with Gasteiger partial charge in [0.2, 0.25) is 0 Å². The van der Waals surface area contributed by atoms with Gasteiger partial charge in [-0.25, -0.2) is 4.98 Å². The lowest BCUT2D eigenvalue weighted by atomic mass is 9.86. The predicted molar refractivity (Wildman–Crippen MR) is 148 cm³/mol. The maximum Gasteiger partial charge on any atom is 0.293 e. The Morgan fingerprint density at radius 1 is 1.00 bits per heavy atom. The van der Waals surface area contributed by atoms with Crippen LogP contribution in [0.3, 0.4) is 0 Å². The van der Waals surface area contributed by atoms with Crippen molar-refractivity contribution in [2.45, 2.75) is 39.3 Å². The molecule has 0 aliphatic carbocycles. The Hall–Kier alpha value is -4.23. The molecular weight excluding hydrogens is 464 g/mol. The highest BCUT2D eigenvalue weighted by Crippen LogP contribution is 2.30. The number of aromatic nitrogens is 2. The molecule has 0 saturated carbocycles. The van der Waals surface area contributed by atoms with Crippen LogP contribution in [0, 0.1) is 6.92 Å². The molecule has 4 rings (SSSR count). The third-order valence-corrected chi connectivity index (χ3v) is 6.38. The van der Waals surface area contributed by atoms with E-state index in [2.05, 4.69) is 36.4 Å². The monoisotopic (exact) mass is 496 g/mol. The quantitative estimate of drug-likeness (QED) is 0.224. The molecule has 0 amide bonds. The van der Waals surface area contributed by atoms with Crippen LogP contribution >= 0.6 is 0 Å². The SMILES string of the molecule is Cc1c(NC(O)c2ccc(C(C)(C)C)cc2)cccc1-c1cn(C)c(=O)c(Nc2ccc(C=O)cc2)n1. The van der Waals surface area contributed by atoms with E-state index in [-0.39, 0.29) is 16.8 Å². The average Bonchev–Trinajstić information content (AvgIpc) is 2.88. The molecule has 0 saturated heterocycles. The number of benzene rings is 3. The summed E-state index contributed by atoms with van der Waals surface area (Å²) in [6, 6.07) is 20.5. The van der Waals surface area contributed by atoms with Crippen LogP contribution in [0.15, 0.2) is 77.7 Å². The molecule has 0 aliphatic heterocycles.